The molecule has 0 spiro atoms. The van der Waals surface area contributed by atoms with Crippen molar-refractivity contribution in [3.05, 3.63) is 35.9 Å². The Morgan fingerprint density at radius 1 is 1.11 bits per heavy atom. The van der Waals surface area contributed by atoms with E-state index in [4.69, 9.17) is 0 Å². The van der Waals surface area contributed by atoms with Crippen molar-refractivity contribution in [2.75, 3.05) is 26.2 Å². The van der Waals surface area contributed by atoms with Crippen molar-refractivity contribution in [3.63, 3.8) is 0 Å². The molecule has 1 aromatic carbocycles. The van der Waals surface area contributed by atoms with Gasteiger partial charge in [-0.15, -0.1) is 0 Å². The number of nitrogens with zero attached hydrogens (tertiary/aromatic N) is 1. The lowest BCUT2D eigenvalue weighted by molar-refractivity contribution is -0.131. The van der Waals surface area contributed by atoms with Gasteiger partial charge in [0, 0.05) is 19.5 Å². The minimum absolute atomic E-state index is 0.306. The summed E-state index contributed by atoms with van der Waals surface area (Å²) in [5.41, 5.74) is 1.25. The van der Waals surface area contributed by atoms with E-state index in [1.807, 2.05) is 23.1 Å². The van der Waals surface area contributed by atoms with Gasteiger partial charge in [-0.3, -0.25) is 4.79 Å². The number of aryl methyl sites for hydroxylation is 1. The zero-order valence-corrected chi connectivity index (χ0v) is 10.9. The van der Waals surface area contributed by atoms with Gasteiger partial charge in [0.2, 0.25) is 5.91 Å². The number of rotatable bonds is 3. The van der Waals surface area contributed by atoms with Crippen molar-refractivity contribution in [2.45, 2.75) is 25.7 Å². The molecule has 1 heterocycles. The quantitative estimate of drug-likeness (QED) is 0.882. The Kier molecular flexibility index (Phi) is 5.21. The Labute approximate surface area is 109 Å². The van der Waals surface area contributed by atoms with E-state index in [0.29, 0.717) is 12.3 Å². The minimum atomic E-state index is 0.306. The van der Waals surface area contributed by atoms with Crippen molar-refractivity contribution in [2.24, 2.45) is 0 Å². The van der Waals surface area contributed by atoms with Gasteiger partial charge in [0.1, 0.15) is 0 Å². The van der Waals surface area contributed by atoms with Crippen molar-refractivity contribution in [1.82, 2.24) is 10.2 Å². The summed E-state index contributed by atoms with van der Waals surface area (Å²) >= 11 is 0. The molecule has 2 rings (SSSR count). The van der Waals surface area contributed by atoms with Gasteiger partial charge < -0.3 is 10.2 Å². The van der Waals surface area contributed by atoms with Gasteiger partial charge in [0.25, 0.3) is 0 Å². The van der Waals surface area contributed by atoms with Crippen molar-refractivity contribution in [3.8, 4) is 0 Å². The van der Waals surface area contributed by atoms with Crippen LogP contribution in [0.1, 0.15) is 24.8 Å². The van der Waals surface area contributed by atoms with Gasteiger partial charge in [0.05, 0.1) is 0 Å². The second-order valence-electron chi connectivity index (χ2n) is 4.82. The lowest BCUT2D eigenvalue weighted by atomic mass is 10.1. The lowest BCUT2D eigenvalue weighted by Crippen LogP contribution is -2.38. The van der Waals surface area contributed by atoms with Crippen LogP contribution >= 0.6 is 0 Å². The second-order valence-corrected chi connectivity index (χ2v) is 4.82. The van der Waals surface area contributed by atoms with Crippen LogP contribution in [-0.4, -0.2) is 37.0 Å². The van der Waals surface area contributed by atoms with E-state index in [9.17, 15) is 4.79 Å². The maximum absolute atomic E-state index is 12.1. The van der Waals surface area contributed by atoms with E-state index in [2.05, 4.69) is 17.4 Å². The monoisotopic (exact) mass is 246 g/mol. The third-order valence-electron chi connectivity index (χ3n) is 3.39. The fourth-order valence-electron chi connectivity index (χ4n) is 2.33. The summed E-state index contributed by atoms with van der Waals surface area (Å²) in [4.78, 5) is 14.2. The van der Waals surface area contributed by atoms with E-state index in [1.165, 1.54) is 5.56 Å². The summed E-state index contributed by atoms with van der Waals surface area (Å²) in [6.07, 6.45) is 3.63. The zero-order chi connectivity index (χ0) is 12.6. The molecular formula is C15H22N2O. The molecule has 0 bridgehead atoms. The molecule has 1 N–H and O–H groups in total. The number of carbonyl (C=O) groups excluding carboxylic acids is 1. The van der Waals surface area contributed by atoms with Gasteiger partial charge in [-0.2, -0.15) is 0 Å². The van der Waals surface area contributed by atoms with Crippen LogP contribution in [0, 0.1) is 0 Å². The number of nitrogens with one attached hydrogen (secondary N) is 1. The highest BCUT2D eigenvalue weighted by molar-refractivity contribution is 5.76. The second kappa shape index (κ2) is 7.17. The van der Waals surface area contributed by atoms with Crippen molar-refractivity contribution >= 4 is 5.91 Å². The van der Waals surface area contributed by atoms with Crippen LogP contribution in [0.4, 0.5) is 0 Å². The summed E-state index contributed by atoms with van der Waals surface area (Å²) in [6.45, 7) is 3.87. The zero-order valence-electron chi connectivity index (χ0n) is 10.9. The average molecular weight is 246 g/mol. The third-order valence-corrected chi connectivity index (χ3v) is 3.39. The number of hydrogen-bond donors (Lipinski definition) is 1. The molecule has 1 saturated heterocycles. The summed E-state index contributed by atoms with van der Waals surface area (Å²) < 4.78 is 0. The van der Waals surface area contributed by atoms with Crippen LogP contribution < -0.4 is 5.32 Å². The topological polar surface area (TPSA) is 32.3 Å². The van der Waals surface area contributed by atoms with E-state index < -0.39 is 0 Å². The SMILES string of the molecule is O=C(CCc1ccccc1)N1CCCNCCC1. The molecule has 3 nitrogen and oxygen atoms in total. The first-order chi connectivity index (χ1) is 8.86. The first kappa shape index (κ1) is 13.1. The summed E-state index contributed by atoms with van der Waals surface area (Å²) in [7, 11) is 0. The molecule has 1 aliphatic heterocycles. The highest BCUT2D eigenvalue weighted by Gasteiger charge is 2.14. The van der Waals surface area contributed by atoms with Gasteiger partial charge in [0.15, 0.2) is 0 Å². The first-order valence-corrected chi connectivity index (χ1v) is 6.89. The normalized spacial score (nSPS) is 17.0. The van der Waals surface area contributed by atoms with Crippen LogP contribution in [0.2, 0.25) is 0 Å². The fraction of sp³-hybridized carbons (Fsp3) is 0.533. The molecule has 98 valence electrons. The van der Waals surface area contributed by atoms with Gasteiger partial charge in [-0.1, -0.05) is 30.3 Å². The highest BCUT2D eigenvalue weighted by Crippen LogP contribution is 2.06. The lowest BCUT2D eigenvalue weighted by Gasteiger charge is -2.25. The van der Waals surface area contributed by atoms with Gasteiger partial charge in [-0.25, -0.2) is 0 Å². The molecule has 0 saturated carbocycles. The molecule has 1 fully saturated rings. The van der Waals surface area contributed by atoms with Crippen LogP contribution in [0.3, 0.4) is 0 Å². The Bertz CT molecular complexity index is 356. The molecule has 1 amide bonds. The maximum atomic E-state index is 12.1. The Morgan fingerprint density at radius 2 is 1.78 bits per heavy atom. The molecule has 0 radical (unpaired) electrons. The van der Waals surface area contributed by atoms with E-state index in [1.54, 1.807) is 0 Å². The molecular weight excluding hydrogens is 224 g/mol. The van der Waals surface area contributed by atoms with Crippen molar-refractivity contribution in [1.29, 1.82) is 0 Å². The maximum Gasteiger partial charge on any atom is 0.222 e. The van der Waals surface area contributed by atoms with Crippen LogP contribution in [0.5, 0.6) is 0 Å². The standard InChI is InChI=1S/C15H22N2O/c18-15(9-8-14-6-2-1-3-7-14)17-12-4-10-16-11-5-13-17/h1-3,6-7,16H,4-5,8-13H2. The predicted molar refractivity (Wildman–Crippen MR) is 73.4 cm³/mol. The van der Waals surface area contributed by atoms with Crippen LogP contribution in [-0.2, 0) is 11.2 Å². The molecule has 18 heavy (non-hydrogen) atoms. The number of benzene rings is 1. The minimum Gasteiger partial charge on any atom is -0.343 e. The molecule has 1 aliphatic rings. The number of carbonyl (C=O) groups is 1. The van der Waals surface area contributed by atoms with Crippen LogP contribution in [0.25, 0.3) is 0 Å². The van der Waals surface area contributed by atoms with Gasteiger partial charge in [-0.05, 0) is 37.9 Å². The summed E-state index contributed by atoms with van der Waals surface area (Å²) in [5.74, 6) is 0.306. The Balaban J connectivity index is 1.79. The largest absolute Gasteiger partial charge is 0.343 e. The molecule has 0 aromatic heterocycles. The smallest absolute Gasteiger partial charge is 0.222 e. The third kappa shape index (κ3) is 4.15. The highest BCUT2D eigenvalue weighted by atomic mass is 16.2. The molecule has 0 aliphatic carbocycles. The van der Waals surface area contributed by atoms with E-state index in [0.717, 1.165) is 45.4 Å². The first-order valence-electron chi connectivity index (χ1n) is 6.89. The predicted octanol–water partition coefficient (Wildman–Crippen LogP) is 1.83. The molecule has 0 atom stereocenters. The summed E-state index contributed by atoms with van der Waals surface area (Å²) in [5, 5.41) is 3.37. The molecule has 1 aromatic rings. The Morgan fingerprint density at radius 3 is 2.44 bits per heavy atom. The van der Waals surface area contributed by atoms with E-state index >= 15 is 0 Å². The fourth-order valence-corrected chi connectivity index (χ4v) is 2.33. The van der Waals surface area contributed by atoms with E-state index in [-0.39, 0.29) is 0 Å². The number of amides is 1. The molecule has 0 unspecified atom stereocenters. The van der Waals surface area contributed by atoms with Gasteiger partial charge >= 0.3 is 0 Å². The average Bonchev–Trinajstić information content (AvgIpc) is 2.37. The molecule has 3 heteroatoms. The number of hydrogen-bond acceptors (Lipinski definition) is 2. The summed E-state index contributed by atoms with van der Waals surface area (Å²) in [6, 6.07) is 10.2. The van der Waals surface area contributed by atoms with Crippen LogP contribution in [0.15, 0.2) is 30.3 Å². The van der Waals surface area contributed by atoms with Crippen molar-refractivity contribution < 1.29 is 4.79 Å². The Hall–Kier alpha value is -1.35.